The summed E-state index contributed by atoms with van der Waals surface area (Å²) in [5.41, 5.74) is -2.63. The van der Waals surface area contributed by atoms with Gasteiger partial charge in [0.1, 0.15) is 35.5 Å². The third-order valence-electron chi connectivity index (χ3n) is 5.59. The number of aliphatic hydroxyl groups is 2. The molecule has 0 bridgehead atoms. The van der Waals surface area contributed by atoms with Crippen LogP contribution in [-0.2, 0) is 9.47 Å². The minimum Gasteiger partial charge on any atom is -0.504 e. The summed E-state index contributed by atoms with van der Waals surface area (Å²) in [5, 5.41) is 73.6. The molecule has 2 aromatic carbocycles. The first-order chi connectivity index (χ1) is 16.4. The maximum absolute atomic E-state index is 13.0. The summed E-state index contributed by atoms with van der Waals surface area (Å²) in [7, 11) is 2.13. The molecule has 1 aliphatic heterocycles. The van der Waals surface area contributed by atoms with Gasteiger partial charge in [0.2, 0.25) is 17.2 Å². The molecule has 0 amide bonds. The molecule has 13 heteroatoms. The standard InChI is InChI=1S/C22H24O13/c1-6-13(24)8-5-9(23)19(32-3)16(27)10(8)21(30)35-7(2)14(25)11-12(22(31)34-6)17(28)20(33-4)18(29)15(11)26/h5-7,13-14,23-29H,1-4H3/t6-,7+,13-,14-/m0/s1. The molecule has 0 fully saturated rings. The van der Waals surface area contributed by atoms with Gasteiger partial charge in [-0.25, -0.2) is 9.59 Å². The van der Waals surface area contributed by atoms with Gasteiger partial charge in [-0.15, -0.1) is 0 Å². The average Bonchev–Trinajstić information content (AvgIpc) is 2.79. The molecule has 0 unspecified atom stereocenters. The average molecular weight is 496 g/mol. The van der Waals surface area contributed by atoms with E-state index < -0.39 is 98.9 Å². The van der Waals surface area contributed by atoms with E-state index in [1.54, 1.807) is 0 Å². The van der Waals surface area contributed by atoms with Crippen molar-refractivity contribution in [2.75, 3.05) is 14.2 Å². The maximum atomic E-state index is 13.0. The lowest BCUT2D eigenvalue weighted by Crippen LogP contribution is -2.30. The molecule has 0 saturated carbocycles. The smallest absolute Gasteiger partial charge is 0.342 e. The fourth-order valence-corrected chi connectivity index (χ4v) is 3.77. The van der Waals surface area contributed by atoms with Crippen molar-refractivity contribution in [3.63, 3.8) is 0 Å². The van der Waals surface area contributed by atoms with Gasteiger partial charge in [0, 0.05) is 11.1 Å². The van der Waals surface area contributed by atoms with Crippen molar-refractivity contribution in [3.8, 4) is 40.2 Å². The third kappa shape index (κ3) is 4.04. The van der Waals surface area contributed by atoms with Crippen LogP contribution in [0.5, 0.6) is 40.2 Å². The molecular weight excluding hydrogens is 472 g/mol. The van der Waals surface area contributed by atoms with Crippen molar-refractivity contribution >= 4 is 11.9 Å². The number of hydrogen-bond donors (Lipinski definition) is 7. The van der Waals surface area contributed by atoms with E-state index in [2.05, 4.69) is 0 Å². The molecule has 35 heavy (non-hydrogen) atoms. The third-order valence-corrected chi connectivity index (χ3v) is 5.59. The van der Waals surface area contributed by atoms with Crippen molar-refractivity contribution in [3.05, 3.63) is 28.3 Å². The van der Waals surface area contributed by atoms with Crippen LogP contribution < -0.4 is 9.47 Å². The van der Waals surface area contributed by atoms with E-state index in [1.165, 1.54) is 6.92 Å². The van der Waals surface area contributed by atoms with E-state index in [-0.39, 0.29) is 0 Å². The van der Waals surface area contributed by atoms with Gasteiger partial charge in [0.15, 0.2) is 23.0 Å². The summed E-state index contributed by atoms with van der Waals surface area (Å²) in [6.07, 6.45) is -6.92. The molecule has 4 atom stereocenters. The topological polar surface area (TPSA) is 213 Å². The molecule has 0 aliphatic carbocycles. The van der Waals surface area contributed by atoms with E-state index in [0.717, 1.165) is 27.2 Å². The lowest BCUT2D eigenvalue weighted by molar-refractivity contribution is -0.0220. The minimum atomic E-state index is -2.02. The number of phenols is 5. The van der Waals surface area contributed by atoms with Gasteiger partial charge in [-0.05, 0) is 19.9 Å². The zero-order valence-electron chi connectivity index (χ0n) is 19.0. The van der Waals surface area contributed by atoms with Crippen molar-refractivity contribution in [1.82, 2.24) is 0 Å². The zero-order chi connectivity index (χ0) is 26.4. The first-order valence-electron chi connectivity index (χ1n) is 10.1. The monoisotopic (exact) mass is 496 g/mol. The number of fused-ring (bicyclic) bond motifs is 2. The fraction of sp³-hybridized carbons (Fsp3) is 0.364. The molecule has 1 aliphatic rings. The molecule has 1 heterocycles. The van der Waals surface area contributed by atoms with Crippen LogP contribution in [0, 0.1) is 0 Å². The second-order valence-electron chi connectivity index (χ2n) is 7.72. The highest BCUT2D eigenvalue weighted by Gasteiger charge is 2.39. The van der Waals surface area contributed by atoms with Gasteiger partial charge >= 0.3 is 11.9 Å². The number of benzene rings is 2. The molecule has 0 saturated heterocycles. The predicted octanol–water partition coefficient (Wildman–Crippen LogP) is 1.10. The Balaban J connectivity index is 2.30. The number of esters is 2. The second kappa shape index (κ2) is 9.27. The summed E-state index contributed by atoms with van der Waals surface area (Å²) >= 11 is 0. The van der Waals surface area contributed by atoms with E-state index in [0.29, 0.717) is 0 Å². The van der Waals surface area contributed by atoms with E-state index >= 15 is 0 Å². The second-order valence-corrected chi connectivity index (χ2v) is 7.72. The van der Waals surface area contributed by atoms with Crippen LogP contribution in [0.3, 0.4) is 0 Å². The Hall–Kier alpha value is -4.10. The predicted molar refractivity (Wildman–Crippen MR) is 114 cm³/mol. The Kier molecular flexibility index (Phi) is 6.76. The SMILES string of the molecule is COc1c(O)cc2c(c1O)C(=O)O[C@H](C)[C@H](O)c1c(O)c(O)c(OC)c(O)c1C(=O)O[C@@H](C)[C@@H]2O. The lowest BCUT2D eigenvalue weighted by Gasteiger charge is -2.28. The highest BCUT2D eigenvalue weighted by atomic mass is 16.6. The normalized spacial score (nSPS) is 22.6. The molecule has 2 aromatic rings. The number of carbonyl (C=O) groups is 2. The highest BCUT2D eigenvalue weighted by Crippen LogP contribution is 2.51. The van der Waals surface area contributed by atoms with E-state index in [4.69, 9.17) is 18.9 Å². The number of cyclic esters (lactones) is 2. The van der Waals surface area contributed by atoms with Crippen LogP contribution in [0.15, 0.2) is 6.07 Å². The zero-order valence-corrected chi connectivity index (χ0v) is 19.0. The Bertz CT molecular complexity index is 1190. The van der Waals surface area contributed by atoms with Crippen molar-refractivity contribution in [2.24, 2.45) is 0 Å². The molecule has 13 nitrogen and oxygen atoms in total. The number of hydrogen-bond acceptors (Lipinski definition) is 13. The maximum Gasteiger partial charge on any atom is 0.342 e. The summed E-state index contributed by atoms with van der Waals surface area (Å²) in [6, 6.07) is 0.898. The Morgan fingerprint density at radius 2 is 1.20 bits per heavy atom. The molecule has 3 rings (SSSR count). The van der Waals surface area contributed by atoms with Crippen LogP contribution in [0.4, 0.5) is 0 Å². The van der Waals surface area contributed by atoms with E-state index in [1.807, 2.05) is 0 Å². The summed E-state index contributed by atoms with van der Waals surface area (Å²) < 4.78 is 20.1. The van der Waals surface area contributed by atoms with Crippen LogP contribution in [-0.4, -0.2) is 74.1 Å². The summed E-state index contributed by atoms with van der Waals surface area (Å²) in [6.45, 7) is 2.34. The molecular formula is C22H24O13. The van der Waals surface area contributed by atoms with E-state index in [9.17, 15) is 45.3 Å². The number of phenolic OH excluding ortho intramolecular Hbond substituents is 5. The van der Waals surface area contributed by atoms with Crippen molar-refractivity contribution in [1.29, 1.82) is 0 Å². The van der Waals surface area contributed by atoms with Crippen LogP contribution >= 0.6 is 0 Å². The lowest BCUT2D eigenvalue weighted by atomic mass is 9.94. The quantitative estimate of drug-likeness (QED) is 0.176. The number of rotatable bonds is 2. The van der Waals surface area contributed by atoms with Crippen LogP contribution in [0.2, 0.25) is 0 Å². The molecule has 0 radical (unpaired) electrons. The van der Waals surface area contributed by atoms with Gasteiger partial charge < -0.3 is 54.7 Å². The minimum absolute atomic E-state index is 0.399. The largest absolute Gasteiger partial charge is 0.504 e. The Morgan fingerprint density at radius 3 is 1.74 bits per heavy atom. The van der Waals surface area contributed by atoms with Crippen LogP contribution in [0.1, 0.15) is 57.9 Å². The van der Waals surface area contributed by atoms with Gasteiger partial charge in [0.05, 0.1) is 14.2 Å². The number of aliphatic hydroxyl groups excluding tert-OH is 2. The molecule has 0 spiro atoms. The number of methoxy groups -OCH3 is 2. The molecule has 7 N–H and O–H groups in total. The highest BCUT2D eigenvalue weighted by molar-refractivity contribution is 5.98. The van der Waals surface area contributed by atoms with Gasteiger partial charge in [-0.1, -0.05) is 0 Å². The number of ether oxygens (including phenoxy) is 4. The van der Waals surface area contributed by atoms with Crippen LogP contribution in [0.25, 0.3) is 0 Å². The first kappa shape index (κ1) is 25.5. The number of aromatic hydroxyl groups is 5. The summed E-state index contributed by atoms with van der Waals surface area (Å²) in [5.74, 6) is -8.50. The number of carbonyl (C=O) groups excluding carboxylic acids is 2. The molecule has 190 valence electrons. The Labute approximate surface area is 197 Å². The fourth-order valence-electron chi connectivity index (χ4n) is 3.77. The van der Waals surface area contributed by atoms with Gasteiger partial charge in [0.25, 0.3) is 0 Å². The van der Waals surface area contributed by atoms with Crippen molar-refractivity contribution in [2.45, 2.75) is 38.3 Å². The molecule has 0 aromatic heterocycles. The first-order valence-corrected chi connectivity index (χ1v) is 10.1. The van der Waals surface area contributed by atoms with Gasteiger partial charge in [-0.3, -0.25) is 0 Å². The summed E-state index contributed by atoms with van der Waals surface area (Å²) in [4.78, 5) is 26.0. The van der Waals surface area contributed by atoms with Gasteiger partial charge in [-0.2, -0.15) is 0 Å². The van der Waals surface area contributed by atoms with Crippen molar-refractivity contribution < 1.29 is 64.3 Å². The Morgan fingerprint density at radius 1 is 0.714 bits per heavy atom.